The standard InChI is InChI=1S/C12H20N4O2/c1-4-5-6-9(13)11(17)16-12-14-8(2)7-10(15-12)18-3/h7,9H,4-6,13H2,1-3H3,(H,14,15,16,17)/t9-/m0/s1. The molecule has 0 radical (unpaired) electrons. The number of methoxy groups -OCH3 is 1. The van der Waals surface area contributed by atoms with Crippen molar-refractivity contribution in [1.29, 1.82) is 0 Å². The predicted molar refractivity (Wildman–Crippen MR) is 69.5 cm³/mol. The van der Waals surface area contributed by atoms with Crippen molar-refractivity contribution in [2.75, 3.05) is 12.4 Å². The van der Waals surface area contributed by atoms with Crippen molar-refractivity contribution in [3.8, 4) is 5.88 Å². The molecule has 18 heavy (non-hydrogen) atoms. The number of carbonyl (C=O) groups excluding carboxylic acids is 1. The van der Waals surface area contributed by atoms with Crippen LogP contribution in [0, 0.1) is 6.92 Å². The molecule has 0 aliphatic carbocycles. The lowest BCUT2D eigenvalue weighted by Gasteiger charge is -2.11. The Morgan fingerprint density at radius 2 is 2.28 bits per heavy atom. The van der Waals surface area contributed by atoms with Gasteiger partial charge in [0.2, 0.25) is 17.7 Å². The van der Waals surface area contributed by atoms with Crippen LogP contribution < -0.4 is 15.8 Å². The van der Waals surface area contributed by atoms with E-state index in [9.17, 15) is 4.79 Å². The van der Waals surface area contributed by atoms with Gasteiger partial charge in [0.15, 0.2) is 0 Å². The molecule has 6 nitrogen and oxygen atoms in total. The molecule has 0 aliphatic heterocycles. The van der Waals surface area contributed by atoms with Crippen molar-refractivity contribution in [2.45, 2.75) is 39.2 Å². The number of nitrogens with one attached hydrogen (secondary N) is 1. The maximum atomic E-state index is 11.8. The summed E-state index contributed by atoms with van der Waals surface area (Å²) in [5.41, 5.74) is 6.48. The van der Waals surface area contributed by atoms with Gasteiger partial charge in [0, 0.05) is 11.8 Å². The molecule has 0 spiro atoms. The summed E-state index contributed by atoms with van der Waals surface area (Å²) in [7, 11) is 1.51. The predicted octanol–water partition coefficient (Wildman–Crippen LogP) is 1.25. The van der Waals surface area contributed by atoms with Crippen LogP contribution in [0.25, 0.3) is 0 Å². The average molecular weight is 252 g/mol. The minimum Gasteiger partial charge on any atom is -0.481 e. The molecule has 0 fully saturated rings. The van der Waals surface area contributed by atoms with Crippen molar-refractivity contribution < 1.29 is 9.53 Å². The topological polar surface area (TPSA) is 90.1 Å². The van der Waals surface area contributed by atoms with Crippen molar-refractivity contribution in [3.05, 3.63) is 11.8 Å². The quantitative estimate of drug-likeness (QED) is 0.795. The van der Waals surface area contributed by atoms with E-state index in [0.717, 1.165) is 18.5 Å². The number of anilines is 1. The van der Waals surface area contributed by atoms with Gasteiger partial charge in [-0.05, 0) is 13.3 Å². The number of aryl methyl sites for hydroxylation is 1. The van der Waals surface area contributed by atoms with Crippen LogP contribution in [-0.4, -0.2) is 29.0 Å². The summed E-state index contributed by atoms with van der Waals surface area (Å²) in [6, 6.07) is 1.16. The Bertz CT molecular complexity index is 409. The molecule has 1 amide bonds. The van der Waals surface area contributed by atoms with Gasteiger partial charge in [0.1, 0.15) is 0 Å². The lowest BCUT2D eigenvalue weighted by molar-refractivity contribution is -0.117. The third kappa shape index (κ3) is 4.29. The Balaban J connectivity index is 2.66. The first kappa shape index (κ1) is 14.4. The molecule has 100 valence electrons. The first-order valence-corrected chi connectivity index (χ1v) is 6.03. The van der Waals surface area contributed by atoms with Gasteiger partial charge in [-0.25, -0.2) is 4.98 Å². The monoisotopic (exact) mass is 252 g/mol. The molecule has 1 aromatic heterocycles. The first-order chi connectivity index (χ1) is 8.56. The molecule has 1 atom stereocenters. The Kier molecular flexibility index (Phi) is 5.51. The van der Waals surface area contributed by atoms with Gasteiger partial charge < -0.3 is 10.5 Å². The van der Waals surface area contributed by atoms with Crippen LogP contribution in [0.4, 0.5) is 5.95 Å². The highest BCUT2D eigenvalue weighted by atomic mass is 16.5. The fraction of sp³-hybridized carbons (Fsp3) is 0.583. The van der Waals surface area contributed by atoms with Gasteiger partial charge in [-0.3, -0.25) is 10.1 Å². The third-order valence-electron chi connectivity index (χ3n) is 2.48. The second-order valence-electron chi connectivity index (χ2n) is 4.11. The van der Waals surface area contributed by atoms with Crippen LogP contribution in [0.1, 0.15) is 31.9 Å². The van der Waals surface area contributed by atoms with Gasteiger partial charge in [-0.15, -0.1) is 0 Å². The number of hydrogen-bond acceptors (Lipinski definition) is 5. The number of unbranched alkanes of at least 4 members (excludes halogenated alkanes) is 1. The lowest BCUT2D eigenvalue weighted by Crippen LogP contribution is -2.36. The zero-order valence-corrected chi connectivity index (χ0v) is 11.1. The zero-order chi connectivity index (χ0) is 13.5. The minimum absolute atomic E-state index is 0.226. The van der Waals surface area contributed by atoms with Crippen LogP contribution in [0.2, 0.25) is 0 Å². The Morgan fingerprint density at radius 1 is 1.56 bits per heavy atom. The van der Waals surface area contributed by atoms with Crippen molar-refractivity contribution in [3.63, 3.8) is 0 Å². The SMILES string of the molecule is CCCC[C@H](N)C(=O)Nc1nc(C)cc(OC)n1. The number of carbonyl (C=O) groups is 1. The highest BCUT2D eigenvalue weighted by Crippen LogP contribution is 2.11. The minimum atomic E-state index is -0.528. The van der Waals surface area contributed by atoms with Gasteiger partial charge in [0.25, 0.3) is 0 Å². The second kappa shape index (κ2) is 6.90. The smallest absolute Gasteiger partial charge is 0.243 e. The summed E-state index contributed by atoms with van der Waals surface area (Å²) >= 11 is 0. The fourth-order valence-corrected chi connectivity index (χ4v) is 1.46. The summed E-state index contributed by atoms with van der Waals surface area (Å²) in [4.78, 5) is 19.9. The molecule has 0 saturated heterocycles. The molecule has 0 aliphatic rings. The number of nitrogens with two attached hydrogens (primary N) is 1. The number of aromatic nitrogens is 2. The maximum absolute atomic E-state index is 11.8. The van der Waals surface area contributed by atoms with Crippen LogP contribution >= 0.6 is 0 Å². The van der Waals surface area contributed by atoms with E-state index < -0.39 is 6.04 Å². The molecule has 1 aromatic rings. The molecule has 6 heteroatoms. The van der Waals surface area contributed by atoms with Crippen LogP contribution in [0.3, 0.4) is 0 Å². The van der Waals surface area contributed by atoms with Crippen molar-refractivity contribution >= 4 is 11.9 Å². The number of amides is 1. The van der Waals surface area contributed by atoms with E-state index >= 15 is 0 Å². The summed E-state index contributed by atoms with van der Waals surface area (Å²) in [5.74, 6) is 0.375. The average Bonchev–Trinajstić information content (AvgIpc) is 2.34. The fourth-order valence-electron chi connectivity index (χ4n) is 1.46. The van der Waals surface area contributed by atoms with E-state index in [2.05, 4.69) is 22.2 Å². The molecule has 0 unspecified atom stereocenters. The van der Waals surface area contributed by atoms with Crippen LogP contribution in [0.15, 0.2) is 6.07 Å². The number of rotatable bonds is 6. The first-order valence-electron chi connectivity index (χ1n) is 6.03. The van der Waals surface area contributed by atoms with E-state index in [0.29, 0.717) is 12.3 Å². The van der Waals surface area contributed by atoms with E-state index in [1.54, 1.807) is 13.0 Å². The lowest BCUT2D eigenvalue weighted by atomic mass is 10.1. The molecule has 0 bridgehead atoms. The van der Waals surface area contributed by atoms with Gasteiger partial charge >= 0.3 is 0 Å². The Morgan fingerprint density at radius 3 is 2.89 bits per heavy atom. The van der Waals surface area contributed by atoms with E-state index in [1.165, 1.54) is 7.11 Å². The molecular weight excluding hydrogens is 232 g/mol. The molecule has 0 saturated carbocycles. The highest BCUT2D eigenvalue weighted by molar-refractivity contribution is 5.93. The largest absolute Gasteiger partial charge is 0.481 e. The second-order valence-corrected chi connectivity index (χ2v) is 4.11. The third-order valence-corrected chi connectivity index (χ3v) is 2.48. The van der Waals surface area contributed by atoms with Crippen LogP contribution in [0.5, 0.6) is 5.88 Å². The zero-order valence-electron chi connectivity index (χ0n) is 11.1. The number of hydrogen-bond donors (Lipinski definition) is 2. The van der Waals surface area contributed by atoms with Gasteiger partial charge in [-0.1, -0.05) is 19.8 Å². The number of ether oxygens (including phenoxy) is 1. The van der Waals surface area contributed by atoms with Crippen molar-refractivity contribution in [2.24, 2.45) is 5.73 Å². The maximum Gasteiger partial charge on any atom is 0.243 e. The summed E-state index contributed by atoms with van der Waals surface area (Å²) < 4.78 is 5.01. The van der Waals surface area contributed by atoms with Gasteiger partial charge in [0.05, 0.1) is 13.2 Å². The molecule has 1 rings (SSSR count). The van der Waals surface area contributed by atoms with E-state index in [-0.39, 0.29) is 11.9 Å². The summed E-state index contributed by atoms with van der Waals surface area (Å²) in [5, 5.41) is 2.60. The molecule has 1 heterocycles. The molecular formula is C12H20N4O2. The molecule has 0 aromatic carbocycles. The van der Waals surface area contributed by atoms with Crippen LogP contribution in [-0.2, 0) is 4.79 Å². The number of nitrogens with zero attached hydrogens (tertiary/aromatic N) is 2. The summed E-state index contributed by atoms with van der Waals surface area (Å²) in [6.07, 6.45) is 2.59. The van der Waals surface area contributed by atoms with E-state index in [1.807, 2.05) is 0 Å². The van der Waals surface area contributed by atoms with E-state index in [4.69, 9.17) is 10.5 Å². The summed E-state index contributed by atoms with van der Waals surface area (Å²) in [6.45, 7) is 3.86. The Hall–Kier alpha value is -1.69. The highest BCUT2D eigenvalue weighted by Gasteiger charge is 2.14. The normalized spacial score (nSPS) is 12.0. The molecule has 3 N–H and O–H groups in total. The van der Waals surface area contributed by atoms with Crippen molar-refractivity contribution in [1.82, 2.24) is 9.97 Å². The van der Waals surface area contributed by atoms with Gasteiger partial charge in [-0.2, -0.15) is 4.98 Å². The Labute approximate surface area is 107 Å².